The van der Waals surface area contributed by atoms with E-state index in [4.69, 9.17) is 28.2 Å². The van der Waals surface area contributed by atoms with E-state index in [9.17, 15) is 13.2 Å². The van der Waals surface area contributed by atoms with Gasteiger partial charge in [-0.05, 0) is 42.5 Å². The lowest BCUT2D eigenvalue weighted by Crippen LogP contribution is -2.34. The zero-order valence-electron chi connectivity index (χ0n) is 14.2. The van der Waals surface area contributed by atoms with Gasteiger partial charge in [-0.25, -0.2) is 8.42 Å². The van der Waals surface area contributed by atoms with Crippen molar-refractivity contribution >= 4 is 50.5 Å². The molecule has 140 valence electrons. The average molecular weight is 416 g/mol. The summed E-state index contributed by atoms with van der Waals surface area (Å²) in [5.74, 6) is -0.436. The minimum absolute atomic E-state index is 0.0364. The van der Waals surface area contributed by atoms with Crippen molar-refractivity contribution in [1.82, 2.24) is 9.62 Å². The van der Waals surface area contributed by atoms with E-state index in [2.05, 4.69) is 10.6 Å². The molecule has 0 bridgehead atoms. The van der Waals surface area contributed by atoms with E-state index in [1.165, 1.54) is 34.8 Å². The summed E-state index contributed by atoms with van der Waals surface area (Å²) in [6, 6.07) is 7.32. The molecule has 0 aliphatic rings. The average Bonchev–Trinajstić information content (AvgIpc) is 3.12. The van der Waals surface area contributed by atoms with Gasteiger partial charge in [0.25, 0.3) is 5.91 Å². The quantitative estimate of drug-likeness (QED) is 0.704. The Bertz CT molecular complexity index is 894. The first-order valence-corrected chi connectivity index (χ1v) is 9.97. The van der Waals surface area contributed by atoms with Gasteiger partial charge < -0.3 is 9.73 Å². The molecule has 1 heterocycles. The Hall–Kier alpha value is -1.94. The molecule has 10 heteroatoms. The highest BCUT2D eigenvalue weighted by Gasteiger charge is 2.22. The first-order chi connectivity index (χ1) is 12.3. The normalized spacial score (nSPS) is 11.4. The molecule has 7 nitrogen and oxygen atoms in total. The zero-order chi connectivity index (χ0) is 19.3. The molecule has 2 aromatic rings. The third kappa shape index (κ3) is 4.61. The molecule has 0 saturated carbocycles. The molecule has 0 fully saturated rings. The van der Waals surface area contributed by atoms with Gasteiger partial charge in [-0.2, -0.15) is 4.31 Å². The van der Waals surface area contributed by atoms with Crippen LogP contribution in [0, 0.1) is 0 Å². The van der Waals surface area contributed by atoms with E-state index in [-0.39, 0.29) is 26.5 Å². The number of thiocarbonyl (C=S) groups is 1. The van der Waals surface area contributed by atoms with Crippen LogP contribution in [-0.2, 0) is 10.0 Å². The minimum atomic E-state index is -3.65. The lowest BCUT2D eigenvalue weighted by atomic mass is 10.3. The molecule has 1 aromatic carbocycles. The van der Waals surface area contributed by atoms with Gasteiger partial charge in [0.05, 0.1) is 21.9 Å². The Morgan fingerprint density at radius 1 is 1.27 bits per heavy atom. The number of nitrogens with one attached hydrogen (secondary N) is 2. The maximum atomic E-state index is 12.6. The van der Waals surface area contributed by atoms with Crippen LogP contribution < -0.4 is 10.6 Å². The predicted molar refractivity (Wildman–Crippen MR) is 104 cm³/mol. The van der Waals surface area contributed by atoms with Gasteiger partial charge in [-0.1, -0.05) is 25.4 Å². The minimum Gasteiger partial charge on any atom is -0.459 e. The Kier molecular flexibility index (Phi) is 6.76. The van der Waals surface area contributed by atoms with Gasteiger partial charge in [0.2, 0.25) is 10.0 Å². The van der Waals surface area contributed by atoms with Gasteiger partial charge in [-0.15, -0.1) is 0 Å². The van der Waals surface area contributed by atoms with E-state index in [1.54, 1.807) is 19.9 Å². The van der Waals surface area contributed by atoms with E-state index in [0.717, 1.165) is 0 Å². The molecule has 0 saturated heterocycles. The van der Waals surface area contributed by atoms with Gasteiger partial charge in [0.1, 0.15) is 0 Å². The third-order valence-corrected chi connectivity index (χ3v) is 6.08. The van der Waals surface area contributed by atoms with Crippen LogP contribution in [0.4, 0.5) is 5.69 Å². The first-order valence-electron chi connectivity index (χ1n) is 7.75. The highest BCUT2D eigenvalue weighted by Crippen LogP contribution is 2.27. The van der Waals surface area contributed by atoms with Crippen LogP contribution >= 0.6 is 23.8 Å². The fourth-order valence-corrected chi connectivity index (χ4v) is 4.05. The van der Waals surface area contributed by atoms with Crippen molar-refractivity contribution < 1.29 is 17.6 Å². The molecule has 1 aromatic heterocycles. The topological polar surface area (TPSA) is 91.7 Å². The lowest BCUT2D eigenvalue weighted by Gasteiger charge is -2.19. The molecule has 1 amide bonds. The lowest BCUT2D eigenvalue weighted by molar-refractivity contribution is 0.0950. The fraction of sp³-hybridized carbons (Fsp3) is 0.250. The summed E-state index contributed by atoms with van der Waals surface area (Å²) >= 11 is 11.2. The number of hydrogen-bond acceptors (Lipinski definition) is 5. The molecular weight excluding hydrogens is 398 g/mol. The monoisotopic (exact) mass is 415 g/mol. The summed E-state index contributed by atoms with van der Waals surface area (Å²) in [4.78, 5) is 12.0. The highest BCUT2D eigenvalue weighted by atomic mass is 35.5. The standard InChI is InChI=1S/C16H18ClN3O4S2/c1-3-20(4-2)26(22,23)11-7-8-12(17)13(10-11)18-16(25)19-15(21)14-6-5-9-24-14/h5-10H,3-4H2,1-2H3,(H2,18,19,21,25). The second kappa shape index (κ2) is 8.63. The third-order valence-electron chi connectivity index (χ3n) is 3.50. The molecule has 26 heavy (non-hydrogen) atoms. The number of halogens is 1. The van der Waals surface area contributed by atoms with Crippen LogP contribution in [0.15, 0.2) is 45.9 Å². The van der Waals surface area contributed by atoms with Crippen LogP contribution in [0.25, 0.3) is 0 Å². The number of carbonyl (C=O) groups is 1. The fourth-order valence-electron chi connectivity index (χ4n) is 2.20. The van der Waals surface area contributed by atoms with Crippen LogP contribution in [0.1, 0.15) is 24.4 Å². The van der Waals surface area contributed by atoms with Gasteiger partial charge >= 0.3 is 0 Å². The van der Waals surface area contributed by atoms with Gasteiger partial charge in [0, 0.05) is 13.1 Å². The Morgan fingerprint density at radius 3 is 2.54 bits per heavy atom. The molecule has 0 aliphatic heterocycles. The number of sulfonamides is 1. The number of furan rings is 1. The molecule has 0 radical (unpaired) electrons. The first kappa shape index (κ1) is 20.4. The van der Waals surface area contributed by atoms with Crippen molar-refractivity contribution in [3.63, 3.8) is 0 Å². The highest BCUT2D eigenvalue weighted by molar-refractivity contribution is 7.89. The maximum Gasteiger partial charge on any atom is 0.293 e. The van der Waals surface area contributed by atoms with Crippen molar-refractivity contribution in [2.24, 2.45) is 0 Å². The number of benzene rings is 1. The molecule has 2 rings (SSSR count). The van der Waals surface area contributed by atoms with Crippen LogP contribution in [0.2, 0.25) is 5.02 Å². The molecule has 0 aliphatic carbocycles. The van der Waals surface area contributed by atoms with Gasteiger partial charge in [0.15, 0.2) is 10.9 Å². The summed E-state index contributed by atoms with van der Waals surface area (Å²) in [5, 5.41) is 5.39. The van der Waals surface area contributed by atoms with Crippen molar-refractivity contribution in [3.8, 4) is 0 Å². The number of rotatable bonds is 6. The second-order valence-corrected chi connectivity index (χ2v) is 7.87. The maximum absolute atomic E-state index is 12.6. The molecular formula is C16H18ClN3O4S2. The van der Waals surface area contributed by atoms with E-state index in [0.29, 0.717) is 13.1 Å². The Labute approximate surface area is 162 Å². The molecule has 2 N–H and O–H groups in total. The summed E-state index contributed by atoms with van der Waals surface area (Å²) in [6.07, 6.45) is 1.36. The zero-order valence-corrected chi connectivity index (χ0v) is 16.5. The van der Waals surface area contributed by atoms with Crippen LogP contribution in [0.5, 0.6) is 0 Å². The summed E-state index contributed by atoms with van der Waals surface area (Å²) in [5.41, 5.74) is 0.268. The summed E-state index contributed by atoms with van der Waals surface area (Å²) in [6.45, 7) is 4.22. The number of hydrogen-bond donors (Lipinski definition) is 2. The van der Waals surface area contributed by atoms with E-state index in [1.807, 2.05) is 0 Å². The number of anilines is 1. The van der Waals surface area contributed by atoms with Crippen LogP contribution in [0.3, 0.4) is 0 Å². The van der Waals surface area contributed by atoms with E-state index >= 15 is 0 Å². The smallest absolute Gasteiger partial charge is 0.293 e. The molecule has 0 atom stereocenters. The van der Waals surface area contributed by atoms with Crippen molar-refractivity contribution in [3.05, 3.63) is 47.4 Å². The predicted octanol–water partition coefficient (Wildman–Crippen LogP) is 3.09. The summed E-state index contributed by atoms with van der Waals surface area (Å²) < 4.78 is 31.5. The Morgan fingerprint density at radius 2 is 1.96 bits per heavy atom. The Balaban J connectivity index is 2.19. The second-order valence-electron chi connectivity index (χ2n) is 5.12. The molecule has 0 spiro atoms. The van der Waals surface area contributed by atoms with Crippen LogP contribution in [-0.4, -0.2) is 36.8 Å². The SMILES string of the molecule is CCN(CC)S(=O)(=O)c1ccc(Cl)c(NC(=S)NC(=O)c2ccco2)c1. The largest absolute Gasteiger partial charge is 0.459 e. The van der Waals surface area contributed by atoms with Crippen molar-refractivity contribution in [2.45, 2.75) is 18.7 Å². The van der Waals surface area contributed by atoms with Crippen molar-refractivity contribution in [1.29, 1.82) is 0 Å². The number of carbonyl (C=O) groups excluding carboxylic acids is 1. The van der Waals surface area contributed by atoms with Crippen molar-refractivity contribution in [2.75, 3.05) is 18.4 Å². The summed E-state index contributed by atoms with van der Waals surface area (Å²) in [7, 11) is -3.65. The number of amides is 1. The number of nitrogens with zero attached hydrogens (tertiary/aromatic N) is 1. The van der Waals surface area contributed by atoms with Gasteiger partial charge in [-0.3, -0.25) is 10.1 Å². The molecule has 0 unspecified atom stereocenters. The van der Waals surface area contributed by atoms with E-state index < -0.39 is 15.9 Å².